The molecule has 3 rings (SSSR count). The van der Waals surface area contributed by atoms with Gasteiger partial charge < -0.3 is 5.73 Å². The highest BCUT2D eigenvalue weighted by Gasteiger charge is 2.35. The lowest BCUT2D eigenvalue weighted by Crippen LogP contribution is -2.37. The van der Waals surface area contributed by atoms with Gasteiger partial charge in [-0.2, -0.15) is 0 Å². The topological polar surface area (TPSA) is 75.4 Å². The second-order valence-electron chi connectivity index (χ2n) is 6.19. The Morgan fingerprint density at radius 1 is 1.24 bits per heavy atom. The van der Waals surface area contributed by atoms with Crippen molar-refractivity contribution >= 4 is 10.0 Å². The van der Waals surface area contributed by atoms with Crippen LogP contribution in [0.5, 0.6) is 0 Å². The molecule has 1 aliphatic heterocycles. The van der Waals surface area contributed by atoms with Gasteiger partial charge in [0.1, 0.15) is 0 Å². The van der Waals surface area contributed by atoms with Crippen molar-refractivity contribution in [1.82, 2.24) is 9.62 Å². The molecule has 1 saturated carbocycles. The second kappa shape index (κ2) is 5.68. The summed E-state index contributed by atoms with van der Waals surface area (Å²) in [6.07, 6.45) is 3.42. The van der Waals surface area contributed by atoms with Crippen LogP contribution in [0.25, 0.3) is 0 Å². The Labute approximate surface area is 126 Å². The number of hydrogen-bond donors (Lipinski definition) is 2. The Hall–Kier alpha value is -0.950. The Kier molecular flexibility index (Phi) is 4.05. The van der Waals surface area contributed by atoms with Crippen molar-refractivity contribution in [3.63, 3.8) is 0 Å². The van der Waals surface area contributed by atoms with E-state index in [2.05, 4.69) is 9.62 Å². The van der Waals surface area contributed by atoms with Gasteiger partial charge in [0.05, 0.1) is 4.90 Å². The summed E-state index contributed by atoms with van der Waals surface area (Å²) in [6, 6.07) is 7.48. The summed E-state index contributed by atoms with van der Waals surface area (Å²) in [5.41, 5.74) is 6.72. The van der Waals surface area contributed by atoms with Crippen molar-refractivity contribution < 1.29 is 8.42 Å². The average molecular weight is 309 g/mol. The van der Waals surface area contributed by atoms with E-state index in [4.69, 9.17) is 5.73 Å². The molecule has 116 valence electrons. The predicted octanol–water partition coefficient (Wildman–Crippen LogP) is 1.22. The molecule has 1 saturated heterocycles. The minimum Gasteiger partial charge on any atom is -0.324 e. The third-order valence-corrected chi connectivity index (χ3v) is 5.86. The highest BCUT2D eigenvalue weighted by atomic mass is 32.2. The molecule has 1 aromatic rings. The molecule has 0 bridgehead atoms. The third-order valence-electron chi connectivity index (χ3n) is 4.32. The Bertz CT molecular complexity index is 594. The molecule has 21 heavy (non-hydrogen) atoms. The van der Waals surface area contributed by atoms with E-state index in [1.165, 1.54) is 12.8 Å². The molecule has 0 spiro atoms. The molecule has 1 aliphatic carbocycles. The van der Waals surface area contributed by atoms with Gasteiger partial charge >= 0.3 is 0 Å². The number of nitrogens with one attached hydrogen (secondary N) is 1. The summed E-state index contributed by atoms with van der Waals surface area (Å²) in [4.78, 5) is 2.71. The van der Waals surface area contributed by atoms with E-state index in [0.717, 1.165) is 25.1 Å². The number of nitrogens with two attached hydrogens (primary N) is 1. The van der Waals surface area contributed by atoms with Crippen molar-refractivity contribution in [2.24, 2.45) is 5.73 Å². The standard InChI is InChI=1S/C15H23N3O2S/c1-11(16)12-2-6-15(7-3-12)21(19,20)17-13-8-9-18(10-13)14-4-5-14/h2-3,6-7,11,13-14,17H,4-5,8-10,16H2,1H3. The second-order valence-corrected chi connectivity index (χ2v) is 7.90. The van der Waals surface area contributed by atoms with Crippen LogP contribution < -0.4 is 10.5 Å². The third kappa shape index (κ3) is 3.45. The first kappa shape index (κ1) is 15.0. The van der Waals surface area contributed by atoms with E-state index >= 15 is 0 Å². The zero-order chi connectivity index (χ0) is 15.0. The summed E-state index contributed by atoms with van der Waals surface area (Å²) < 4.78 is 27.6. The maximum Gasteiger partial charge on any atom is 0.240 e. The van der Waals surface area contributed by atoms with Gasteiger partial charge in [0.15, 0.2) is 0 Å². The van der Waals surface area contributed by atoms with Crippen molar-refractivity contribution in [3.8, 4) is 0 Å². The maximum absolute atomic E-state index is 12.4. The van der Waals surface area contributed by atoms with E-state index in [1.807, 2.05) is 6.92 Å². The largest absolute Gasteiger partial charge is 0.324 e. The maximum atomic E-state index is 12.4. The molecule has 0 aromatic heterocycles. The molecule has 6 heteroatoms. The number of likely N-dealkylation sites (tertiary alicyclic amines) is 1. The van der Waals surface area contributed by atoms with Gasteiger partial charge in [-0.3, -0.25) is 4.90 Å². The van der Waals surface area contributed by atoms with E-state index in [-0.39, 0.29) is 12.1 Å². The summed E-state index contributed by atoms with van der Waals surface area (Å²) in [7, 11) is -3.43. The van der Waals surface area contributed by atoms with Gasteiger partial charge in [-0.05, 0) is 43.9 Å². The van der Waals surface area contributed by atoms with Crippen LogP contribution in [0.3, 0.4) is 0 Å². The summed E-state index contributed by atoms with van der Waals surface area (Å²) >= 11 is 0. The van der Waals surface area contributed by atoms with Gasteiger partial charge in [-0.25, -0.2) is 13.1 Å². The molecule has 3 N–H and O–H groups in total. The van der Waals surface area contributed by atoms with Crippen molar-refractivity contribution in [3.05, 3.63) is 29.8 Å². The average Bonchev–Trinajstić information content (AvgIpc) is 3.20. The quantitative estimate of drug-likeness (QED) is 0.857. The van der Waals surface area contributed by atoms with Crippen molar-refractivity contribution in [2.75, 3.05) is 13.1 Å². The fraction of sp³-hybridized carbons (Fsp3) is 0.600. The van der Waals surface area contributed by atoms with E-state index in [9.17, 15) is 8.42 Å². The minimum atomic E-state index is -3.43. The number of nitrogens with zero attached hydrogens (tertiary/aromatic N) is 1. The molecule has 2 unspecified atom stereocenters. The monoisotopic (exact) mass is 309 g/mol. The summed E-state index contributed by atoms with van der Waals surface area (Å²) in [6.45, 7) is 3.72. The summed E-state index contributed by atoms with van der Waals surface area (Å²) in [5, 5.41) is 0. The Balaban J connectivity index is 1.66. The molecule has 0 radical (unpaired) electrons. The highest BCUT2D eigenvalue weighted by Crippen LogP contribution is 2.30. The van der Waals surface area contributed by atoms with Crippen LogP contribution in [0.2, 0.25) is 0 Å². The molecule has 2 atom stereocenters. The van der Waals surface area contributed by atoms with Crippen LogP contribution in [-0.4, -0.2) is 38.5 Å². The SMILES string of the molecule is CC(N)c1ccc(S(=O)(=O)NC2CCN(C3CC3)C2)cc1. The van der Waals surface area contributed by atoms with Gasteiger partial charge in [0, 0.05) is 31.2 Å². The zero-order valence-corrected chi connectivity index (χ0v) is 13.1. The van der Waals surface area contributed by atoms with Gasteiger partial charge in [0.2, 0.25) is 10.0 Å². The first-order chi connectivity index (χ1) is 9.95. The predicted molar refractivity (Wildman–Crippen MR) is 82.4 cm³/mol. The van der Waals surface area contributed by atoms with Crippen LogP contribution >= 0.6 is 0 Å². The molecular formula is C15H23N3O2S. The molecule has 2 aliphatic rings. The Morgan fingerprint density at radius 3 is 2.48 bits per heavy atom. The van der Waals surface area contributed by atoms with Gasteiger partial charge in [-0.15, -0.1) is 0 Å². The van der Waals surface area contributed by atoms with E-state index in [1.54, 1.807) is 24.3 Å². The Morgan fingerprint density at radius 2 is 1.90 bits per heavy atom. The van der Waals surface area contributed by atoms with Gasteiger partial charge in [-0.1, -0.05) is 12.1 Å². The van der Waals surface area contributed by atoms with Crippen molar-refractivity contribution in [2.45, 2.75) is 49.2 Å². The molecule has 1 heterocycles. The van der Waals surface area contributed by atoms with Crippen LogP contribution in [0.15, 0.2) is 29.2 Å². The van der Waals surface area contributed by atoms with Crippen LogP contribution in [0, 0.1) is 0 Å². The minimum absolute atomic E-state index is 0.0312. The fourth-order valence-electron chi connectivity index (χ4n) is 2.89. The zero-order valence-electron chi connectivity index (χ0n) is 12.3. The molecule has 2 fully saturated rings. The molecule has 5 nitrogen and oxygen atoms in total. The molecule has 1 aromatic carbocycles. The van der Waals surface area contributed by atoms with E-state index in [0.29, 0.717) is 10.9 Å². The lowest BCUT2D eigenvalue weighted by Gasteiger charge is -2.16. The van der Waals surface area contributed by atoms with E-state index < -0.39 is 10.0 Å². The van der Waals surface area contributed by atoms with Crippen molar-refractivity contribution in [1.29, 1.82) is 0 Å². The number of benzene rings is 1. The smallest absolute Gasteiger partial charge is 0.240 e. The normalized spacial score (nSPS) is 25.1. The fourth-order valence-corrected chi connectivity index (χ4v) is 4.15. The summed E-state index contributed by atoms with van der Waals surface area (Å²) in [5.74, 6) is 0. The molecular weight excluding hydrogens is 286 g/mol. The first-order valence-electron chi connectivity index (χ1n) is 7.57. The highest BCUT2D eigenvalue weighted by molar-refractivity contribution is 7.89. The first-order valence-corrected chi connectivity index (χ1v) is 9.06. The van der Waals surface area contributed by atoms with Crippen LogP contribution in [0.4, 0.5) is 0 Å². The number of hydrogen-bond acceptors (Lipinski definition) is 4. The van der Waals surface area contributed by atoms with Crippen LogP contribution in [-0.2, 0) is 10.0 Å². The van der Waals surface area contributed by atoms with Crippen LogP contribution in [0.1, 0.15) is 37.8 Å². The lowest BCUT2D eigenvalue weighted by atomic mass is 10.1. The van der Waals surface area contributed by atoms with Gasteiger partial charge in [0.25, 0.3) is 0 Å². The number of sulfonamides is 1. The lowest BCUT2D eigenvalue weighted by molar-refractivity contribution is 0.322. The number of rotatable bonds is 5. The molecule has 0 amide bonds.